The molecule has 11 heteroatoms. The minimum atomic E-state index is -0.904. The third-order valence-corrected chi connectivity index (χ3v) is 8.04. The number of benzene rings is 2. The number of anilines is 1. The van der Waals surface area contributed by atoms with Gasteiger partial charge >= 0.3 is 6.03 Å². The zero-order chi connectivity index (χ0) is 31.9. The van der Waals surface area contributed by atoms with E-state index in [-0.39, 0.29) is 23.8 Å². The summed E-state index contributed by atoms with van der Waals surface area (Å²) in [6.45, 7) is 6.41. The lowest BCUT2D eigenvalue weighted by atomic mass is 9.92. The van der Waals surface area contributed by atoms with Gasteiger partial charge in [0.1, 0.15) is 11.8 Å². The Balaban J connectivity index is 1.36. The largest absolute Gasteiger partial charge is 0.492 e. The Bertz CT molecular complexity index is 1630. The maximum absolute atomic E-state index is 14.1. The van der Waals surface area contributed by atoms with Crippen molar-refractivity contribution < 1.29 is 19.1 Å². The van der Waals surface area contributed by atoms with E-state index in [1.807, 2.05) is 81.5 Å². The van der Waals surface area contributed by atoms with Gasteiger partial charge in [0.05, 0.1) is 17.9 Å². The molecule has 4 aromatic rings. The predicted molar refractivity (Wildman–Crippen MR) is 174 cm³/mol. The Morgan fingerprint density at radius 2 is 1.78 bits per heavy atom. The Kier molecular flexibility index (Phi) is 9.99. The molecule has 236 valence electrons. The van der Waals surface area contributed by atoms with E-state index in [0.29, 0.717) is 56.3 Å². The summed E-state index contributed by atoms with van der Waals surface area (Å²) in [5, 5.41) is 7.08. The standard InChI is InChI=1S/C34H41N7O4/c1-5-45-30-13-12-24(22-39(3)4)19-29(30)37-32(42)31(23(2)27-21-36-28-11-7-6-10-26(27)28)38-34(44)41-17-15-40(16-18-41)33(43)25-9-8-14-35-20-25/h6-14,19-21,23,31,36H,5,15-18,22H2,1-4H3,(H,37,42)(H,38,44)/t23-,31-/m1/s1. The molecule has 0 aliphatic carbocycles. The third kappa shape index (κ3) is 7.43. The highest BCUT2D eigenvalue weighted by Crippen LogP contribution is 2.31. The molecule has 2 aromatic heterocycles. The number of para-hydroxylation sites is 1. The molecule has 5 rings (SSSR count). The van der Waals surface area contributed by atoms with Crippen LogP contribution in [0.2, 0.25) is 0 Å². The second kappa shape index (κ2) is 14.3. The van der Waals surface area contributed by atoms with Crippen LogP contribution in [-0.4, -0.2) is 95.4 Å². The predicted octanol–water partition coefficient (Wildman–Crippen LogP) is 4.30. The molecule has 0 spiro atoms. The normalized spacial score (nSPS) is 14.7. The first-order chi connectivity index (χ1) is 21.7. The molecule has 1 saturated heterocycles. The van der Waals surface area contributed by atoms with Crippen LogP contribution in [0, 0.1) is 0 Å². The smallest absolute Gasteiger partial charge is 0.318 e. The lowest BCUT2D eigenvalue weighted by Crippen LogP contribution is -2.57. The van der Waals surface area contributed by atoms with Crippen LogP contribution in [0.25, 0.3) is 10.9 Å². The lowest BCUT2D eigenvalue weighted by molar-refractivity contribution is -0.118. The third-order valence-electron chi connectivity index (χ3n) is 8.04. The maximum atomic E-state index is 14.1. The quantitative estimate of drug-likeness (QED) is 0.246. The summed E-state index contributed by atoms with van der Waals surface area (Å²) < 4.78 is 5.84. The van der Waals surface area contributed by atoms with Gasteiger partial charge in [-0.05, 0) is 62.5 Å². The molecule has 1 aliphatic heterocycles. The van der Waals surface area contributed by atoms with Crippen LogP contribution in [0.4, 0.5) is 10.5 Å². The number of carbonyl (C=O) groups excluding carboxylic acids is 3. The number of urea groups is 1. The number of fused-ring (bicyclic) bond motifs is 1. The van der Waals surface area contributed by atoms with E-state index >= 15 is 0 Å². The number of nitrogens with one attached hydrogen (secondary N) is 3. The number of pyridine rings is 1. The summed E-state index contributed by atoms with van der Waals surface area (Å²) in [7, 11) is 3.97. The van der Waals surface area contributed by atoms with Crippen molar-refractivity contribution in [1.29, 1.82) is 0 Å². The monoisotopic (exact) mass is 611 g/mol. The zero-order valence-corrected chi connectivity index (χ0v) is 26.2. The van der Waals surface area contributed by atoms with E-state index in [0.717, 1.165) is 22.0 Å². The van der Waals surface area contributed by atoms with Gasteiger partial charge in [0.25, 0.3) is 5.91 Å². The van der Waals surface area contributed by atoms with Crippen molar-refractivity contribution in [1.82, 2.24) is 30.0 Å². The van der Waals surface area contributed by atoms with Gasteiger partial charge in [0.2, 0.25) is 5.91 Å². The molecule has 4 amide bonds. The first-order valence-electron chi connectivity index (χ1n) is 15.3. The van der Waals surface area contributed by atoms with E-state index in [4.69, 9.17) is 4.74 Å². The zero-order valence-electron chi connectivity index (χ0n) is 26.2. The lowest BCUT2D eigenvalue weighted by Gasteiger charge is -2.36. The molecule has 0 bridgehead atoms. The number of carbonyl (C=O) groups is 3. The Morgan fingerprint density at radius 3 is 2.49 bits per heavy atom. The van der Waals surface area contributed by atoms with E-state index in [1.54, 1.807) is 34.3 Å². The number of rotatable bonds is 10. The van der Waals surface area contributed by atoms with Crippen molar-refractivity contribution in [3.05, 3.63) is 89.9 Å². The molecule has 3 heterocycles. The van der Waals surface area contributed by atoms with Gasteiger partial charge in [-0.3, -0.25) is 14.6 Å². The van der Waals surface area contributed by atoms with Gasteiger partial charge in [0, 0.05) is 68.1 Å². The van der Waals surface area contributed by atoms with Crippen LogP contribution in [0.5, 0.6) is 5.75 Å². The number of aromatic nitrogens is 2. The summed E-state index contributed by atoms with van der Waals surface area (Å²) >= 11 is 0. The van der Waals surface area contributed by atoms with Crippen molar-refractivity contribution >= 4 is 34.4 Å². The fraction of sp³-hybridized carbons (Fsp3) is 0.353. The summed E-state index contributed by atoms with van der Waals surface area (Å²) in [5.74, 6) is -0.281. The number of hydrogen-bond donors (Lipinski definition) is 3. The van der Waals surface area contributed by atoms with E-state index in [9.17, 15) is 14.4 Å². The first kappa shape index (κ1) is 31.5. The number of nitrogens with zero attached hydrogens (tertiary/aromatic N) is 4. The fourth-order valence-electron chi connectivity index (χ4n) is 5.71. The summed E-state index contributed by atoms with van der Waals surface area (Å²) in [4.78, 5) is 53.4. The first-order valence-corrected chi connectivity index (χ1v) is 15.3. The minimum absolute atomic E-state index is 0.116. The average Bonchev–Trinajstić information content (AvgIpc) is 3.48. The van der Waals surface area contributed by atoms with E-state index in [1.165, 1.54) is 0 Å². The van der Waals surface area contributed by atoms with Crippen LogP contribution in [0.15, 0.2) is 73.2 Å². The fourth-order valence-corrected chi connectivity index (χ4v) is 5.71. The second-order valence-electron chi connectivity index (χ2n) is 11.5. The Morgan fingerprint density at radius 1 is 1.02 bits per heavy atom. The number of aromatic amines is 1. The molecule has 0 radical (unpaired) electrons. The van der Waals surface area contributed by atoms with E-state index in [2.05, 4.69) is 20.6 Å². The molecule has 2 atom stereocenters. The molecule has 45 heavy (non-hydrogen) atoms. The molecule has 0 unspecified atom stereocenters. The molecule has 2 aromatic carbocycles. The SMILES string of the molecule is CCOc1ccc(CN(C)C)cc1NC(=O)[C@H](NC(=O)N1CCN(C(=O)c2cccnc2)CC1)[C@H](C)c1c[nH]c2ccccc12. The number of hydrogen-bond acceptors (Lipinski definition) is 6. The summed E-state index contributed by atoms with van der Waals surface area (Å²) in [6, 6.07) is 15.8. The van der Waals surface area contributed by atoms with Crippen molar-refractivity contribution in [2.75, 3.05) is 52.2 Å². The van der Waals surface area contributed by atoms with Crippen LogP contribution < -0.4 is 15.4 Å². The van der Waals surface area contributed by atoms with Crippen molar-refractivity contribution in [2.24, 2.45) is 0 Å². The molecular weight excluding hydrogens is 570 g/mol. The molecule has 11 nitrogen and oxygen atoms in total. The summed E-state index contributed by atoms with van der Waals surface area (Å²) in [6.07, 6.45) is 5.07. The van der Waals surface area contributed by atoms with Crippen LogP contribution >= 0.6 is 0 Å². The Labute approximate surface area is 263 Å². The highest BCUT2D eigenvalue weighted by molar-refractivity contribution is 5.99. The number of H-pyrrole nitrogens is 1. The molecular formula is C34H41N7O4. The van der Waals surface area contributed by atoms with Crippen LogP contribution in [-0.2, 0) is 11.3 Å². The molecule has 1 fully saturated rings. The topological polar surface area (TPSA) is 123 Å². The molecule has 1 aliphatic rings. The maximum Gasteiger partial charge on any atom is 0.318 e. The molecule has 3 N–H and O–H groups in total. The second-order valence-corrected chi connectivity index (χ2v) is 11.5. The molecule has 0 saturated carbocycles. The number of piperazine rings is 1. The van der Waals surface area contributed by atoms with Gasteiger partial charge in [-0.1, -0.05) is 31.2 Å². The van der Waals surface area contributed by atoms with Gasteiger partial charge in [0.15, 0.2) is 0 Å². The highest BCUT2D eigenvalue weighted by atomic mass is 16.5. The Hall–Kier alpha value is -4.90. The number of amides is 4. The van der Waals surface area contributed by atoms with Crippen LogP contribution in [0.1, 0.15) is 41.3 Å². The van der Waals surface area contributed by atoms with E-state index < -0.39 is 6.04 Å². The summed E-state index contributed by atoms with van der Waals surface area (Å²) in [5.41, 5.74) is 3.95. The number of ether oxygens (including phenoxy) is 1. The highest BCUT2D eigenvalue weighted by Gasteiger charge is 2.33. The van der Waals surface area contributed by atoms with Crippen LogP contribution in [0.3, 0.4) is 0 Å². The minimum Gasteiger partial charge on any atom is -0.492 e. The van der Waals surface area contributed by atoms with Gasteiger partial charge in [-0.15, -0.1) is 0 Å². The van der Waals surface area contributed by atoms with Crippen molar-refractivity contribution in [2.45, 2.75) is 32.4 Å². The van der Waals surface area contributed by atoms with Gasteiger partial charge in [-0.2, -0.15) is 0 Å². The van der Waals surface area contributed by atoms with Gasteiger partial charge in [-0.25, -0.2) is 4.79 Å². The van der Waals surface area contributed by atoms with Crippen molar-refractivity contribution in [3.8, 4) is 5.75 Å². The van der Waals surface area contributed by atoms with Crippen molar-refractivity contribution in [3.63, 3.8) is 0 Å². The van der Waals surface area contributed by atoms with Gasteiger partial charge < -0.3 is 35.1 Å². The average molecular weight is 612 g/mol.